The lowest BCUT2D eigenvalue weighted by Gasteiger charge is -2.38. The molecule has 104 valence electrons. The SMILES string of the molecule is Cc1ccccc1C1CC(NCC2CCCCS2)C1. The highest BCUT2D eigenvalue weighted by Gasteiger charge is 2.31. The molecule has 0 aromatic heterocycles. The van der Waals surface area contributed by atoms with Crippen LogP contribution >= 0.6 is 11.8 Å². The molecule has 1 unspecified atom stereocenters. The predicted molar refractivity (Wildman–Crippen MR) is 85.0 cm³/mol. The Bertz CT molecular complexity index is 405. The highest BCUT2D eigenvalue weighted by Crippen LogP contribution is 2.38. The number of benzene rings is 1. The standard InChI is InChI=1S/C17H25NS/c1-13-6-2-3-8-17(13)14-10-15(11-14)18-12-16-7-4-5-9-19-16/h2-3,6,8,14-16,18H,4-5,7,9-12H2,1H3. The summed E-state index contributed by atoms with van der Waals surface area (Å²) < 4.78 is 0. The highest BCUT2D eigenvalue weighted by molar-refractivity contribution is 7.99. The number of rotatable bonds is 4. The summed E-state index contributed by atoms with van der Waals surface area (Å²) in [5, 5.41) is 4.67. The molecule has 0 spiro atoms. The van der Waals surface area contributed by atoms with Crippen molar-refractivity contribution in [2.45, 2.75) is 56.2 Å². The molecule has 1 N–H and O–H groups in total. The second-order valence-electron chi connectivity index (χ2n) is 6.12. The second-order valence-corrected chi connectivity index (χ2v) is 7.53. The molecular formula is C17H25NS. The summed E-state index contributed by atoms with van der Waals surface area (Å²) in [5.41, 5.74) is 3.04. The molecule has 2 aliphatic rings. The van der Waals surface area contributed by atoms with E-state index in [1.165, 1.54) is 50.0 Å². The Kier molecular flexibility index (Phi) is 4.49. The number of hydrogen-bond acceptors (Lipinski definition) is 2. The summed E-state index contributed by atoms with van der Waals surface area (Å²) in [6.07, 6.45) is 6.96. The third-order valence-electron chi connectivity index (χ3n) is 4.67. The van der Waals surface area contributed by atoms with Gasteiger partial charge >= 0.3 is 0 Å². The molecule has 1 saturated heterocycles. The molecule has 19 heavy (non-hydrogen) atoms. The second kappa shape index (κ2) is 6.32. The molecule has 2 fully saturated rings. The van der Waals surface area contributed by atoms with E-state index < -0.39 is 0 Å². The van der Waals surface area contributed by atoms with E-state index in [2.05, 4.69) is 48.3 Å². The van der Waals surface area contributed by atoms with Crippen LogP contribution in [0.5, 0.6) is 0 Å². The molecule has 1 aliphatic heterocycles. The van der Waals surface area contributed by atoms with Crippen molar-refractivity contribution in [2.24, 2.45) is 0 Å². The topological polar surface area (TPSA) is 12.0 Å². The number of hydrogen-bond donors (Lipinski definition) is 1. The summed E-state index contributed by atoms with van der Waals surface area (Å²) in [4.78, 5) is 0. The highest BCUT2D eigenvalue weighted by atomic mass is 32.2. The Morgan fingerprint density at radius 1 is 1.21 bits per heavy atom. The lowest BCUT2D eigenvalue weighted by Crippen LogP contribution is -2.43. The fraction of sp³-hybridized carbons (Fsp3) is 0.647. The van der Waals surface area contributed by atoms with Crippen LogP contribution in [-0.2, 0) is 0 Å². The van der Waals surface area contributed by atoms with E-state index in [1.54, 1.807) is 5.56 Å². The molecule has 1 aromatic rings. The van der Waals surface area contributed by atoms with E-state index in [9.17, 15) is 0 Å². The summed E-state index contributed by atoms with van der Waals surface area (Å²) >= 11 is 2.18. The van der Waals surface area contributed by atoms with E-state index >= 15 is 0 Å². The Hall–Kier alpha value is -0.470. The van der Waals surface area contributed by atoms with Gasteiger partial charge in [-0.1, -0.05) is 30.7 Å². The van der Waals surface area contributed by atoms with E-state index in [-0.39, 0.29) is 0 Å². The summed E-state index contributed by atoms with van der Waals surface area (Å²) in [6, 6.07) is 9.66. The average Bonchev–Trinajstić information content (AvgIpc) is 2.40. The third-order valence-corrected chi connectivity index (χ3v) is 6.07. The van der Waals surface area contributed by atoms with Crippen LogP contribution in [0.25, 0.3) is 0 Å². The maximum atomic E-state index is 3.79. The van der Waals surface area contributed by atoms with Crippen molar-refractivity contribution >= 4 is 11.8 Å². The molecule has 0 amide bonds. The van der Waals surface area contributed by atoms with Gasteiger partial charge in [0.15, 0.2) is 0 Å². The van der Waals surface area contributed by atoms with Crippen molar-refractivity contribution in [2.75, 3.05) is 12.3 Å². The number of aryl methyl sites for hydroxylation is 1. The largest absolute Gasteiger partial charge is 0.313 e. The van der Waals surface area contributed by atoms with Crippen molar-refractivity contribution < 1.29 is 0 Å². The van der Waals surface area contributed by atoms with E-state index in [0.717, 1.165) is 17.2 Å². The van der Waals surface area contributed by atoms with Crippen LogP contribution in [0.2, 0.25) is 0 Å². The fourth-order valence-electron chi connectivity index (χ4n) is 3.35. The van der Waals surface area contributed by atoms with Crippen LogP contribution < -0.4 is 5.32 Å². The zero-order valence-corrected chi connectivity index (χ0v) is 12.7. The summed E-state index contributed by atoms with van der Waals surface area (Å²) in [7, 11) is 0. The first-order valence-corrected chi connectivity index (χ1v) is 8.78. The Labute approximate surface area is 121 Å². The van der Waals surface area contributed by atoms with Crippen LogP contribution in [0.3, 0.4) is 0 Å². The fourth-order valence-corrected chi connectivity index (χ4v) is 4.60. The van der Waals surface area contributed by atoms with Crippen molar-refractivity contribution in [3.63, 3.8) is 0 Å². The Morgan fingerprint density at radius 2 is 2.05 bits per heavy atom. The smallest absolute Gasteiger partial charge is 0.0172 e. The van der Waals surface area contributed by atoms with E-state index in [1.807, 2.05) is 0 Å². The maximum absolute atomic E-state index is 3.79. The van der Waals surface area contributed by atoms with Gasteiger partial charge in [0.05, 0.1) is 0 Å². The average molecular weight is 275 g/mol. The Morgan fingerprint density at radius 3 is 2.79 bits per heavy atom. The van der Waals surface area contributed by atoms with Crippen LogP contribution in [0, 0.1) is 6.92 Å². The van der Waals surface area contributed by atoms with Gasteiger partial charge in [-0.3, -0.25) is 0 Å². The van der Waals surface area contributed by atoms with Crippen LogP contribution in [-0.4, -0.2) is 23.6 Å². The molecule has 0 bridgehead atoms. The van der Waals surface area contributed by atoms with Gasteiger partial charge in [-0.15, -0.1) is 0 Å². The molecule has 1 nitrogen and oxygen atoms in total. The zero-order chi connectivity index (χ0) is 13.1. The maximum Gasteiger partial charge on any atom is 0.0172 e. The lowest BCUT2D eigenvalue weighted by atomic mass is 9.74. The van der Waals surface area contributed by atoms with Crippen LogP contribution in [0.15, 0.2) is 24.3 Å². The minimum absolute atomic E-state index is 0.770. The lowest BCUT2D eigenvalue weighted by molar-refractivity contribution is 0.290. The summed E-state index contributed by atoms with van der Waals surface area (Å²) in [6.45, 7) is 3.48. The van der Waals surface area contributed by atoms with Crippen molar-refractivity contribution in [1.29, 1.82) is 0 Å². The van der Waals surface area contributed by atoms with Crippen molar-refractivity contribution in [3.05, 3.63) is 35.4 Å². The minimum atomic E-state index is 0.770. The van der Waals surface area contributed by atoms with E-state index in [4.69, 9.17) is 0 Å². The van der Waals surface area contributed by atoms with E-state index in [0.29, 0.717) is 0 Å². The first-order valence-electron chi connectivity index (χ1n) is 7.73. The van der Waals surface area contributed by atoms with Gasteiger partial charge in [0.25, 0.3) is 0 Å². The molecular weight excluding hydrogens is 250 g/mol. The normalized spacial score (nSPS) is 30.9. The first-order chi connectivity index (χ1) is 9.33. The molecule has 1 saturated carbocycles. The van der Waals surface area contributed by atoms with Gasteiger partial charge in [-0.25, -0.2) is 0 Å². The molecule has 1 aromatic carbocycles. The van der Waals surface area contributed by atoms with Crippen LogP contribution in [0.1, 0.15) is 49.1 Å². The van der Waals surface area contributed by atoms with Gasteiger partial charge in [-0.2, -0.15) is 11.8 Å². The molecule has 2 heteroatoms. The number of thioether (sulfide) groups is 1. The molecule has 1 heterocycles. The predicted octanol–water partition coefficient (Wildman–Crippen LogP) is 4.12. The summed E-state index contributed by atoms with van der Waals surface area (Å²) in [5.74, 6) is 2.18. The quantitative estimate of drug-likeness (QED) is 0.887. The van der Waals surface area contributed by atoms with Crippen molar-refractivity contribution in [3.8, 4) is 0 Å². The first kappa shape index (κ1) is 13.5. The van der Waals surface area contributed by atoms with Gasteiger partial charge in [0, 0.05) is 17.8 Å². The van der Waals surface area contributed by atoms with Crippen molar-refractivity contribution in [1.82, 2.24) is 5.32 Å². The molecule has 1 atom stereocenters. The van der Waals surface area contributed by atoms with Gasteiger partial charge < -0.3 is 5.32 Å². The van der Waals surface area contributed by atoms with Crippen LogP contribution in [0.4, 0.5) is 0 Å². The van der Waals surface area contributed by atoms with Gasteiger partial charge in [-0.05, 0) is 55.4 Å². The number of nitrogens with one attached hydrogen (secondary N) is 1. The molecule has 1 aliphatic carbocycles. The van der Waals surface area contributed by atoms with Gasteiger partial charge in [0.1, 0.15) is 0 Å². The Balaban J connectivity index is 1.42. The third kappa shape index (κ3) is 3.35. The zero-order valence-electron chi connectivity index (χ0n) is 11.9. The molecule has 3 rings (SSSR count). The monoisotopic (exact) mass is 275 g/mol. The molecule has 0 radical (unpaired) electrons. The van der Waals surface area contributed by atoms with Gasteiger partial charge in [0.2, 0.25) is 0 Å². The minimum Gasteiger partial charge on any atom is -0.313 e.